The van der Waals surface area contributed by atoms with Gasteiger partial charge in [0.05, 0.1) is 18.8 Å². The first-order valence-electron chi connectivity index (χ1n) is 13.1. The molecule has 2 fully saturated rings. The van der Waals surface area contributed by atoms with Crippen molar-refractivity contribution in [2.24, 2.45) is 5.92 Å². The number of carbonyl (C=O) groups is 1. The van der Waals surface area contributed by atoms with E-state index in [-0.39, 0.29) is 49.9 Å². The summed E-state index contributed by atoms with van der Waals surface area (Å²) in [7, 11) is 0. The van der Waals surface area contributed by atoms with Crippen LogP contribution in [0.3, 0.4) is 0 Å². The van der Waals surface area contributed by atoms with Gasteiger partial charge < -0.3 is 20.6 Å². The lowest BCUT2D eigenvalue weighted by molar-refractivity contribution is -0.138. The van der Waals surface area contributed by atoms with Crippen LogP contribution < -0.4 is 10.6 Å². The van der Waals surface area contributed by atoms with Gasteiger partial charge in [-0.15, -0.1) is 0 Å². The van der Waals surface area contributed by atoms with E-state index in [1.54, 1.807) is 10.8 Å². The number of aromatic nitrogens is 4. The fraction of sp³-hybridized carbons (Fsp3) is 0.556. The molecule has 3 aromatic rings. The average molecular weight is 548 g/mol. The number of carbonyl (C=O) groups excluding carboxylic acids is 1. The third-order valence-electron chi connectivity index (χ3n) is 7.38. The second-order valence-electron chi connectivity index (χ2n) is 10.4. The number of nitrogens with zero attached hydrogens (tertiary/aromatic N) is 5. The van der Waals surface area contributed by atoms with Crippen LogP contribution in [0.5, 0.6) is 0 Å². The Balaban J connectivity index is 0.00000353. The van der Waals surface area contributed by atoms with E-state index in [0.717, 1.165) is 12.8 Å². The van der Waals surface area contributed by atoms with Crippen molar-refractivity contribution in [1.29, 1.82) is 0 Å². The third kappa shape index (κ3) is 5.80. The molecule has 39 heavy (non-hydrogen) atoms. The molecule has 0 spiro atoms. The number of benzene rings is 1. The Hall–Kier alpha value is -3.41. The van der Waals surface area contributed by atoms with Crippen molar-refractivity contribution in [2.75, 3.05) is 23.8 Å². The van der Waals surface area contributed by atoms with E-state index in [9.17, 15) is 23.1 Å². The van der Waals surface area contributed by atoms with E-state index in [2.05, 4.69) is 25.6 Å². The molecule has 1 saturated carbocycles. The number of amides is 1. The normalized spacial score (nSPS) is 21.3. The zero-order valence-corrected chi connectivity index (χ0v) is 21.4. The van der Waals surface area contributed by atoms with Crippen molar-refractivity contribution >= 4 is 34.7 Å². The van der Waals surface area contributed by atoms with Crippen LogP contribution >= 0.6 is 0 Å². The number of likely N-dealkylation sites (tertiary alicyclic amines) is 1. The lowest BCUT2D eigenvalue weighted by Crippen LogP contribution is -2.42. The van der Waals surface area contributed by atoms with Crippen molar-refractivity contribution < 1.29 is 23.1 Å². The minimum atomic E-state index is -1.08. The van der Waals surface area contributed by atoms with Gasteiger partial charge in [-0.3, -0.25) is 9.36 Å². The highest BCUT2D eigenvalue weighted by Crippen LogP contribution is 2.39. The Bertz CT molecular complexity index is 1300. The summed E-state index contributed by atoms with van der Waals surface area (Å²) in [5, 5.41) is 15.5. The molecule has 212 valence electrons. The highest BCUT2D eigenvalue weighted by Gasteiger charge is 2.36. The number of hydrogen-bond donors (Lipinski definition) is 3. The highest BCUT2D eigenvalue weighted by atomic mass is 19.1. The lowest BCUT2D eigenvalue weighted by atomic mass is 9.85. The molecule has 0 bridgehead atoms. The molecule has 1 amide bonds. The zero-order chi connectivity index (χ0) is 27.0. The zero-order valence-electron chi connectivity index (χ0n) is 21.4. The quantitative estimate of drug-likeness (QED) is 0.375. The molecule has 1 aromatic carbocycles. The first-order valence-corrected chi connectivity index (χ1v) is 13.1. The van der Waals surface area contributed by atoms with E-state index in [1.807, 2.05) is 18.7 Å². The van der Waals surface area contributed by atoms with Gasteiger partial charge >= 0.3 is 0 Å². The molecule has 2 aromatic heterocycles. The van der Waals surface area contributed by atoms with Crippen LogP contribution in [-0.2, 0) is 4.79 Å². The number of fused-ring (bicyclic) bond motifs is 1. The Morgan fingerprint density at radius 2 is 1.79 bits per heavy atom. The van der Waals surface area contributed by atoms with Gasteiger partial charge in [0.15, 0.2) is 17.3 Å². The molecule has 12 heteroatoms. The second-order valence-corrected chi connectivity index (χ2v) is 10.4. The average Bonchev–Trinajstić information content (AvgIpc) is 3.49. The maximum Gasteiger partial charge on any atom is 0.226 e. The van der Waals surface area contributed by atoms with E-state index < -0.39 is 23.1 Å². The summed E-state index contributed by atoms with van der Waals surface area (Å²) in [4.78, 5) is 28.4. The summed E-state index contributed by atoms with van der Waals surface area (Å²) >= 11 is 0. The van der Waals surface area contributed by atoms with E-state index >= 15 is 0 Å². The van der Waals surface area contributed by atoms with Crippen LogP contribution in [0.2, 0.25) is 0 Å². The number of aliphatic hydroxyl groups excluding tert-OH is 1. The summed E-state index contributed by atoms with van der Waals surface area (Å²) in [5.41, 5.74) is 0.415. The minimum absolute atomic E-state index is 0. The summed E-state index contributed by atoms with van der Waals surface area (Å²) in [6, 6.07) is 1.04. The van der Waals surface area contributed by atoms with Crippen LogP contribution in [0.25, 0.3) is 11.2 Å². The van der Waals surface area contributed by atoms with Gasteiger partial charge in [0.2, 0.25) is 17.8 Å². The minimum Gasteiger partial charge on any atom is -0.394 e. The first kappa shape index (κ1) is 28.6. The van der Waals surface area contributed by atoms with Gasteiger partial charge in [-0.2, -0.15) is 4.98 Å². The second kappa shape index (κ2) is 11.8. The number of imidazole rings is 1. The number of aliphatic hydroxyl groups is 1. The number of anilines is 3. The number of hydrogen-bond acceptors (Lipinski definition) is 7. The SMILES string of the molecule is C.CC(C)Nc1ncc2nc(Nc3c(F)cc(F)cc3F)n(C3CCC(C(=O)N4CCC[C@@H]4CO)CC3)c2n1. The van der Waals surface area contributed by atoms with Crippen molar-refractivity contribution in [3.63, 3.8) is 0 Å². The predicted molar refractivity (Wildman–Crippen MR) is 143 cm³/mol. The molecular weight excluding hydrogens is 511 g/mol. The monoisotopic (exact) mass is 547 g/mol. The summed E-state index contributed by atoms with van der Waals surface area (Å²) in [5.74, 6) is -2.68. The fourth-order valence-electron chi connectivity index (χ4n) is 5.56. The van der Waals surface area contributed by atoms with Crippen molar-refractivity contribution in [2.45, 2.75) is 77.9 Å². The highest BCUT2D eigenvalue weighted by molar-refractivity contribution is 5.80. The summed E-state index contributed by atoms with van der Waals surface area (Å²) in [6.45, 7) is 4.55. The van der Waals surface area contributed by atoms with Gasteiger partial charge in [-0.25, -0.2) is 23.1 Å². The molecule has 9 nitrogen and oxygen atoms in total. The number of halogens is 3. The van der Waals surface area contributed by atoms with Gasteiger partial charge in [-0.1, -0.05) is 7.43 Å². The Kier molecular flexibility index (Phi) is 8.63. The molecule has 1 aliphatic carbocycles. The molecule has 5 rings (SSSR count). The van der Waals surface area contributed by atoms with Crippen molar-refractivity contribution in [3.8, 4) is 0 Å². The first-order chi connectivity index (χ1) is 18.2. The van der Waals surface area contributed by atoms with E-state index in [4.69, 9.17) is 0 Å². The Labute approximate surface area is 225 Å². The lowest BCUT2D eigenvalue weighted by Gasteiger charge is -2.33. The smallest absolute Gasteiger partial charge is 0.226 e. The summed E-state index contributed by atoms with van der Waals surface area (Å²) < 4.78 is 44.3. The molecule has 3 N–H and O–H groups in total. The third-order valence-corrected chi connectivity index (χ3v) is 7.38. The number of nitrogens with one attached hydrogen (secondary N) is 2. The van der Waals surface area contributed by atoms with Crippen molar-refractivity contribution in [1.82, 2.24) is 24.4 Å². The van der Waals surface area contributed by atoms with Crippen molar-refractivity contribution in [3.05, 3.63) is 35.8 Å². The topological polar surface area (TPSA) is 108 Å². The molecule has 1 saturated heterocycles. The Morgan fingerprint density at radius 3 is 2.44 bits per heavy atom. The van der Waals surface area contributed by atoms with Crippen LogP contribution in [0.15, 0.2) is 18.3 Å². The maximum atomic E-state index is 14.5. The van der Waals surface area contributed by atoms with Gasteiger partial charge in [-0.05, 0) is 52.4 Å². The van der Waals surface area contributed by atoms with E-state index in [1.165, 1.54) is 0 Å². The van der Waals surface area contributed by atoms with Crippen LogP contribution in [0, 0.1) is 23.4 Å². The molecule has 3 heterocycles. The standard InChI is InChI=1S/C26H32F3N7O2.CH4/c1-14(2)31-25-30-12-21-23(34-25)36(26(32-21)33-22-19(28)10-16(27)11-20(22)29)17-7-5-15(6-8-17)24(38)35-9-3-4-18(35)13-37;/h10-12,14-15,17-18,37H,3-9,13H2,1-2H3,(H,32,33)(H,30,31,34);1H4/t15?,17?,18-;/m1./s1. The van der Waals surface area contributed by atoms with Gasteiger partial charge in [0.1, 0.15) is 17.0 Å². The maximum absolute atomic E-state index is 14.5. The van der Waals surface area contributed by atoms with Crippen LogP contribution in [0.1, 0.15) is 65.8 Å². The number of rotatable bonds is 7. The predicted octanol–water partition coefficient (Wildman–Crippen LogP) is 5.16. The van der Waals surface area contributed by atoms with E-state index in [0.29, 0.717) is 61.5 Å². The molecule has 1 atom stereocenters. The Morgan fingerprint density at radius 1 is 1.10 bits per heavy atom. The summed E-state index contributed by atoms with van der Waals surface area (Å²) in [6.07, 6.45) is 5.75. The van der Waals surface area contributed by atoms with Crippen LogP contribution in [-0.4, -0.2) is 60.7 Å². The van der Waals surface area contributed by atoms with Gasteiger partial charge in [0.25, 0.3) is 0 Å². The largest absolute Gasteiger partial charge is 0.394 e. The van der Waals surface area contributed by atoms with Gasteiger partial charge in [0, 0.05) is 36.7 Å². The fourth-order valence-corrected chi connectivity index (χ4v) is 5.56. The molecule has 0 radical (unpaired) electrons. The molecule has 0 unspecified atom stereocenters. The molecule has 1 aliphatic heterocycles. The molecular formula is C27H36F3N7O2. The molecule has 2 aliphatic rings. The van der Waals surface area contributed by atoms with Crippen LogP contribution in [0.4, 0.5) is 30.8 Å².